The van der Waals surface area contributed by atoms with Crippen LogP contribution in [0.2, 0.25) is 5.02 Å². The van der Waals surface area contributed by atoms with E-state index in [0.717, 1.165) is 0 Å². The maximum absolute atomic E-state index is 11.4. The zero-order chi connectivity index (χ0) is 14.8. The molecule has 1 N–H and O–H groups in total. The number of carboxylic acid groups (broad SMARTS) is 1. The first-order chi connectivity index (χ1) is 10.1. The molecule has 0 amide bonds. The van der Waals surface area contributed by atoms with Gasteiger partial charge in [-0.3, -0.25) is 0 Å². The van der Waals surface area contributed by atoms with Crippen molar-refractivity contribution >= 4 is 17.6 Å². The number of aromatic nitrogens is 4. The minimum atomic E-state index is -1.07. The van der Waals surface area contributed by atoms with Crippen LogP contribution in [-0.2, 0) is 0 Å². The maximum atomic E-state index is 11.4. The third kappa shape index (κ3) is 2.61. The zero-order valence-corrected chi connectivity index (χ0v) is 11.4. The van der Waals surface area contributed by atoms with Crippen molar-refractivity contribution in [2.75, 3.05) is 0 Å². The number of carboxylic acids is 1. The van der Waals surface area contributed by atoms with Crippen LogP contribution in [0.15, 0.2) is 48.9 Å². The average Bonchev–Trinajstić information content (AvgIpc) is 2.94. The van der Waals surface area contributed by atoms with Gasteiger partial charge in [-0.15, -0.1) is 0 Å². The Labute approximate surface area is 124 Å². The summed E-state index contributed by atoms with van der Waals surface area (Å²) in [6.45, 7) is 0. The third-order valence-electron chi connectivity index (χ3n) is 2.82. The molecule has 0 saturated carbocycles. The largest absolute Gasteiger partial charge is 0.478 e. The summed E-state index contributed by atoms with van der Waals surface area (Å²) in [6, 6.07) is 8.47. The van der Waals surface area contributed by atoms with Crippen LogP contribution in [0.25, 0.3) is 17.2 Å². The predicted octanol–water partition coefficient (Wildman–Crippen LogP) is 2.68. The van der Waals surface area contributed by atoms with Crippen LogP contribution in [0, 0.1) is 0 Å². The topological polar surface area (TPSA) is 80.9 Å². The minimum absolute atomic E-state index is 0.0739. The summed E-state index contributed by atoms with van der Waals surface area (Å²) in [5.41, 5.74) is 1.07. The molecule has 104 valence electrons. The lowest BCUT2D eigenvalue weighted by molar-refractivity contribution is 0.0697. The average molecular weight is 301 g/mol. The Balaban J connectivity index is 2.14. The van der Waals surface area contributed by atoms with Gasteiger partial charge in [0.05, 0.1) is 0 Å². The van der Waals surface area contributed by atoms with Gasteiger partial charge in [0.1, 0.15) is 11.3 Å². The van der Waals surface area contributed by atoms with Crippen molar-refractivity contribution < 1.29 is 9.90 Å². The van der Waals surface area contributed by atoms with E-state index in [9.17, 15) is 9.90 Å². The summed E-state index contributed by atoms with van der Waals surface area (Å²) >= 11 is 5.84. The summed E-state index contributed by atoms with van der Waals surface area (Å²) in [5, 5.41) is 14.2. The molecule has 0 aliphatic heterocycles. The number of nitrogens with zero attached hydrogens (tertiary/aromatic N) is 4. The van der Waals surface area contributed by atoms with Crippen LogP contribution in [0.5, 0.6) is 0 Å². The van der Waals surface area contributed by atoms with Crippen molar-refractivity contribution in [1.82, 2.24) is 19.7 Å². The quantitative estimate of drug-likeness (QED) is 0.804. The van der Waals surface area contributed by atoms with Crippen LogP contribution in [0.3, 0.4) is 0 Å². The first-order valence-electron chi connectivity index (χ1n) is 6.01. The lowest BCUT2D eigenvalue weighted by Crippen LogP contribution is -2.00. The monoisotopic (exact) mass is 300 g/mol. The molecule has 0 atom stereocenters. The maximum Gasteiger partial charge on any atom is 0.339 e. The minimum Gasteiger partial charge on any atom is -0.478 e. The summed E-state index contributed by atoms with van der Waals surface area (Å²) < 4.78 is 1.34. The molecular weight excluding hydrogens is 292 g/mol. The lowest BCUT2D eigenvalue weighted by Gasteiger charge is -1.99. The molecule has 6 nitrogen and oxygen atoms in total. The number of halogens is 1. The van der Waals surface area contributed by atoms with Gasteiger partial charge in [-0.2, -0.15) is 5.10 Å². The molecule has 2 aromatic heterocycles. The highest BCUT2D eigenvalue weighted by Gasteiger charge is 2.18. The normalized spacial score (nSPS) is 10.5. The molecule has 0 aliphatic rings. The van der Waals surface area contributed by atoms with Gasteiger partial charge in [0, 0.05) is 29.2 Å². The first-order valence-corrected chi connectivity index (χ1v) is 6.39. The molecule has 0 aliphatic carbocycles. The van der Waals surface area contributed by atoms with E-state index in [1.54, 1.807) is 42.7 Å². The van der Waals surface area contributed by atoms with Gasteiger partial charge in [0.25, 0.3) is 0 Å². The van der Waals surface area contributed by atoms with Gasteiger partial charge in [0.2, 0.25) is 5.95 Å². The van der Waals surface area contributed by atoms with Gasteiger partial charge in [-0.05, 0) is 18.2 Å². The van der Waals surface area contributed by atoms with Gasteiger partial charge < -0.3 is 5.11 Å². The molecule has 0 spiro atoms. The number of benzene rings is 1. The molecule has 0 saturated heterocycles. The van der Waals surface area contributed by atoms with Crippen molar-refractivity contribution in [3.8, 4) is 17.2 Å². The SMILES string of the molecule is O=C(O)c1cn(-c2ncccn2)nc1-c1ccc(Cl)cc1. The summed E-state index contributed by atoms with van der Waals surface area (Å²) in [4.78, 5) is 19.5. The van der Waals surface area contributed by atoms with E-state index >= 15 is 0 Å². The molecule has 3 rings (SSSR count). The van der Waals surface area contributed by atoms with E-state index < -0.39 is 5.97 Å². The number of carbonyl (C=O) groups is 1. The molecule has 21 heavy (non-hydrogen) atoms. The van der Waals surface area contributed by atoms with Crippen LogP contribution in [0.1, 0.15) is 10.4 Å². The number of rotatable bonds is 3. The highest BCUT2D eigenvalue weighted by molar-refractivity contribution is 6.30. The highest BCUT2D eigenvalue weighted by Crippen LogP contribution is 2.24. The Kier molecular flexibility index (Phi) is 3.37. The van der Waals surface area contributed by atoms with Gasteiger partial charge in [0.15, 0.2) is 0 Å². The zero-order valence-electron chi connectivity index (χ0n) is 10.6. The predicted molar refractivity (Wildman–Crippen MR) is 76.6 cm³/mol. The van der Waals surface area contributed by atoms with Crippen molar-refractivity contribution in [3.05, 3.63) is 59.5 Å². The first kappa shape index (κ1) is 13.3. The van der Waals surface area contributed by atoms with Gasteiger partial charge in [-0.25, -0.2) is 19.4 Å². The van der Waals surface area contributed by atoms with Crippen molar-refractivity contribution in [3.63, 3.8) is 0 Å². The standard InChI is InChI=1S/C14H9ClN4O2/c15-10-4-2-9(3-5-10)12-11(13(20)21)8-19(18-12)14-16-6-1-7-17-14/h1-8H,(H,20,21). The van der Waals surface area contributed by atoms with E-state index in [1.165, 1.54) is 10.9 Å². The Morgan fingerprint density at radius 2 is 1.81 bits per heavy atom. The number of hydrogen-bond acceptors (Lipinski definition) is 4. The number of hydrogen-bond donors (Lipinski definition) is 1. The molecular formula is C14H9ClN4O2. The second-order valence-corrected chi connectivity index (χ2v) is 4.63. The second-order valence-electron chi connectivity index (χ2n) is 4.20. The molecule has 0 radical (unpaired) electrons. The molecule has 0 bridgehead atoms. The van der Waals surface area contributed by atoms with Crippen molar-refractivity contribution in [1.29, 1.82) is 0 Å². The smallest absolute Gasteiger partial charge is 0.339 e. The number of aromatic carboxylic acids is 1. The fraction of sp³-hybridized carbons (Fsp3) is 0. The van der Waals surface area contributed by atoms with E-state index in [1.807, 2.05) is 0 Å². The Morgan fingerprint density at radius 1 is 1.14 bits per heavy atom. The lowest BCUT2D eigenvalue weighted by atomic mass is 10.1. The highest BCUT2D eigenvalue weighted by atomic mass is 35.5. The van der Waals surface area contributed by atoms with Gasteiger partial charge in [-0.1, -0.05) is 23.7 Å². The summed E-state index contributed by atoms with van der Waals surface area (Å²) in [6.07, 6.45) is 4.51. The van der Waals surface area contributed by atoms with E-state index in [4.69, 9.17) is 11.6 Å². The summed E-state index contributed by atoms with van der Waals surface area (Å²) in [5.74, 6) is -0.762. The van der Waals surface area contributed by atoms with Crippen LogP contribution >= 0.6 is 11.6 Å². The van der Waals surface area contributed by atoms with E-state index in [-0.39, 0.29) is 5.56 Å². The fourth-order valence-electron chi connectivity index (χ4n) is 1.86. The van der Waals surface area contributed by atoms with E-state index in [0.29, 0.717) is 22.2 Å². The fourth-order valence-corrected chi connectivity index (χ4v) is 1.99. The van der Waals surface area contributed by atoms with Crippen molar-refractivity contribution in [2.24, 2.45) is 0 Å². The Morgan fingerprint density at radius 3 is 2.43 bits per heavy atom. The molecule has 3 aromatic rings. The van der Waals surface area contributed by atoms with Gasteiger partial charge >= 0.3 is 5.97 Å². The van der Waals surface area contributed by atoms with Crippen LogP contribution in [0.4, 0.5) is 0 Å². The van der Waals surface area contributed by atoms with Crippen LogP contribution < -0.4 is 0 Å². The van der Waals surface area contributed by atoms with Crippen molar-refractivity contribution in [2.45, 2.75) is 0 Å². The Bertz CT molecular complexity index is 784. The molecule has 0 fully saturated rings. The molecule has 0 unspecified atom stereocenters. The third-order valence-corrected chi connectivity index (χ3v) is 3.07. The Hall–Kier alpha value is -2.73. The summed E-state index contributed by atoms with van der Waals surface area (Å²) in [7, 11) is 0. The van der Waals surface area contributed by atoms with Crippen LogP contribution in [-0.4, -0.2) is 30.8 Å². The molecule has 7 heteroatoms. The van der Waals surface area contributed by atoms with E-state index in [2.05, 4.69) is 15.1 Å². The second kappa shape index (κ2) is 5.34. The molecule has 2 heterocycles. The molecule has 1 aromatic carbocycles.